The Morgan fingerprint density at radius 3 is 2.18 bits per heavy atom. The van der Waals surface area contributed by atoms with Gasteiger partial charge in [0.25, 0.3) is 0 Å². The lowest BCUT2D eigenvalue weighted by Crippen LogP contribution is -2.50. The van der Waals surface area contributed by atoms with Gasteiger partial charge in [0.15, 0.2) is 0 Å². The number of alkyl carbamates (subject to hydrolysis) is 1. The van der Waals surface area contributed by atoms with Gasteiger partial charge in [0, 0.05) is 0 Å². The summed E-state index contributed by atoms with van der Waals surface area (Å²) in [6, 6.07) is -0.280. The molecule has 0 aliphatic heterocycles. The number of hydrogen-bond donors (Lipinski definition) is 2. The van der Waals surface area contributed by atoms with Crippen molar-refractivity contribution in [3.63, 3.8) is 0 Å². The van der Waals surface area contributed by atoms with Crippen molar-refractivity contribution >= 4 is 6.09 Å². The molecule has 0 saturated carbocycles. The molecule has 0 aromatic heterocycles. The zero-order valence-corrected chi connectivity index (χ0v) is 12.0. The second kappa shape index (κ2) is 6.24. The normalized spacial score (nSPS) is 14.3. The largest absolute Gasteiger partial charge is 0.444 e. The van der Waals surface area contributed by atoms with Gasteiger partial charge in [0.1, 0.15) is 5.60 Å². The van der Waals surface area contributed by atoms with E-state index in [2.05, 4.69) is 12.2 Å². The highest BCUT2D eigenvalue weighted by molar-refractivity contribution is 5.68. The molecule has 0 unspecified atom stereocenters. The molecule has 0 heterocycles. The number of nitrogens with one attached hydrogen (secondary N) is 1. The lowest BCUT2D eigenvalue weighted by Gasteiger charge is -2.31. The second-order valence-corrected chi connectivity index (χ2v) is 5.99. The molecule has 0 aromatic carbocycles. The summed E-state index contributed by atoms with van der Waals surface area (Å²) < 4.78 is 5.18. The van der Waals surface area contributed by atoms with Gasteiger partial charge in [-0.25, -0.2) is 4.79 Å². The van der Waals surface area contributed by atoms with E-state index in [1.807, 2.05) is 20.8 Å². The zero-order chi connectivity index (χ0) is 13.7. The van der Waals surface area contributed by atoms with E-state index < -0.39 is 17.3 Å². The number of carbonyl (C=O) groups is 1. The highest BCUT2D eigenvalue weighted by Gasteiger charge is 2.29. The summed E-state index contributed by atoms with van der Waals surface area (Å²) in [6.45, 7) is 10.9. The van der Waals surface area contributed by atoms with E-state index in [1.54, 1.807) is 13.8 Å². The van der Waals surface area contributed by atoms with E-state index in [1.165, 1.54) is 0 Å². The van der Waals surface area contributed by atoms with Crippen molar-refractivity contribution in [1.29, 1.82) is 0 Å². The van der Waals surface area contributed by atoms with Gasteiger partial charge >= 0.3 is 6.09 Å². The molecule has 0 radical (unpaired) electrons. The fourth-order valence-corrected chi connectivity index (χ4v) is 1.46. The topological polar surface area (TPSA) is 58.6 Å². The van der Waals surface area contributed by atoms with E-state index >= 15 is 0 Å². The van der Waals surface area contributed by atoms with Crippen LogP contribution in [-0.4, -0.2) is 28.4 Å². The molecule has 0 saturated heterocycles. The van der Waals surface area contributed by atoms with Crippen LogP contribution < -0.4 is 5.32 Å². The monoisotopic (exact) mass is 245 g/mol. The summed E-state index contributed by atoms with van der Waals surface area (Å²) in [5.41, 5.74) is -1.45. The van der Waals surface area contributed by atoms with Crippen LogP contribution in [0.2, 0.25) is 0 Å². The highest BCUT2D eigenvalue weighted by Crippen LogP contribution is 2.16. The first kappa shape index (κ1) is 16.2. The van der Waals surface area contributed by atoms with Crippen molar-refractivity contribution in [2.24, 2.45) is 0 Å². The molecule has 0 aromatic rings. The molecule has 0 aliphatic carbocycles. The quantitative estimate of drug-likeness (QED) is 0.783. The van der Waals surface area contributed by atoms with E-state index in [9.17, 15) is 9.90 Å². The Kier molecular flexibility index (Phi) is 5.96. The van der Waals surface area contributed by atoms with Gasteiger partial charge in [-0.2, -0.15) is 0 Å². The Bertz CT molecular complexity index is 238. The predicted octanol–water partition coefficient (Wildman–Crippen LogP) is 2.84. The van der Waals surface area contributed by atoms with Crippen molar-refractivity contribution in [2.75, 3.05) is 0 Å². The number of ether oxygens (including phenoxy) is 1. The van der Waals surface area contributed by atoms with Crippen LogP contribution >= 0.6 is 0 Å². The number of rotatable bonds is 5. The third kappa shape index (κ3) is 8.02. The maximum atomic E-state index is 11.6. The van der Waals surface area contributed by atoms with Crippen LogP contribution in [0.25, 0.3) is 0 Å². The van der Waals surface area contributed by atoms with E-state index in [4.69, 9.17) is 4.74 Å². The van der Waals surface area contributed by atoms with E-state index in [0.29, 0.717) is 0 Å². The van der Waals surface area contributed by atoms with Gasteiger partial charge in [-0.3, -0.25) is 0 Å². The number of amides is 1. The van der Waals surface area contributed by atoms with Crippen molar-refractivity contribution in [2.45, 2.75) is 78.0 Å². The lowest BCUT2D eigenvalue weighted by atomic mass is 9.94. The molecule has 102 valence electrons. The molecular formula is C13H27NO3. The van der Waals surface area contributed by atoms with Crippen LogP contribution in [0.4, 0.5) is 4.79 Å². The Hall–Kier alpha value is -0.770. The molecule has 0 spiro atoms. The van der Waals surface area contributed by atoms with Crippen molar-refractivity contribution in [3.8, 4) is 0 Å². The summed E-state index contributed by atoms with van der Waals surface area (Å²) in [6.07, 6.45) is 2.27. The number of unbranched alkanes of at least 4 members (excludes halogenated alkanes) is 1. The van der Waals surface area contributed by atoms with Gasteiger partial charge in [-0.1, -0.05) is 19.8 Å². The minimum absolute atomic E-state index is 0.280. The average Bonchev–Trinajstić information content (AvgIpc) is 2.07. The lowest BCUT2D eigenvalue weighted by molar-refractivity contribution is 0.0144. The van der Waals surface area contributed by atoms with Gasteiger partial charge < -0.3 is 15.2 Å². The SMILES string of the molecule is CCCC[C@@H](NC(=O)OC(C)(C)C)C(C)(C)O. The molecule has 1 atom stereocenters. The minimum Gasteiger partial charge on any atom is -0.444 e. The summed E-state index contributed by atoms with van der Waals surface area (Å²) in [4.78, 5) is 11.6. The fraction of sp³-hybridized carbons (Fsp3) is 0.923. The third-order valence-corrected chi connectivity index (χ3v) is 2.39. The van der Waals surface area contributed by atoms with E-state index in [0.717, 1.165) is 19.3 Å². The predicted molar refractivity (Wildman–Crippen MR) is 69.0 cm³/mol. The molecule has 2 N–H and O–H groups in total. The van der Waals surface area contributed by atoms with Crippen molar-refractivity contribution in [3.05, 3.63) is 0 Å². The smallest absolute Gasteiger partial charge is 0.407 e. The maximum absolute atomic E-state index is 11.6. The number of carbonyl (C=O) groups excluding carboxylic acids is 1. The molecular weight excluding hydrogens is 218 g/mol. The standard InChI is InChI=1S/C13H27NO3/c1-7-8-9-10(13(5,6)16)14-11(15)17-12(2,3)4/h10,16H,7-9H2,1-6H3,(H,14,15)/t10-/m1/s1. The van der Waals surface area contributed by atoms with Crippen LogP contribution in [-0.2, 0) is 4.74 Å². The molecule has 0 bridgehead atoms. The molecule has 0 fully saturated rings. The molecule has 17 heavy (non-hydrogen) atoms. The third-order valence-electron chi connectivity index (χ3n) is 2.39. The summed E-state index contributed by atoms with van der Waals surface area (Å²) in [5, 5.41) is 12.7. The minimum atomic E-state index is -0.938. The summed E-state index contributed by atoms with van der Waals surface area (Å²) >= 11 is 0. The van der Waals surface area contributed by atoms with Crippen LogP contribution in [0.15, 0.2) is 0 Å². The highest BCUT2D eigenvalue weighted by atomic mass is 16.6. The number of hydrogen-bond acceptors (Lipinski definition) is 3. The fourth-order valence-electron chi connectivity index (χ4n) is 1.46. The maximum Gasteiger partial charge on any atom is 0.407 e. The van der Waals surface area contributed by atoms with Crippen LogP contribution in [0.5, 0.6) is 0 Å². The Labute approximate surface area is 105 Å². The van der Waals surface area contributed by atoms with Crippen molar-refractivity contribution < 1.29 is 14.6 Å². The van der Waals surface area contributed by atoms with Crippen LogP contribution in [0.3, 0.4) is 0 Å². The molecule has 0 aliphatic rings. The Balaban J connectivity index is 4.39. The molecule has 4 nitrogen and oxygen atoms in total. The van der Waals surface area contributed by atoms with Gasteiger partial charge in [-0.15, -0.1) is 0 Å². The van der Waals surface area contributed by atoms with Crippen molar-refractivity contribution in [1.82, 2.24) is 5.32 Å². The molecule has 0 rings (SSSR count). The molecule has 4 heteroatoms. The summed E-state index contributed by atoms with van der Waals surface area (Å²) in [7, 11) is 0. The van der Waals surface area contributed by atoms with Crippen LogP contribution in [0.1, 0.15) is 60.8 Å². The van der Waals surface area contributed by atoms with Gasteiger partial charge in [-0.05, 0) is 41.0 Å². The second-order valence-electron chi connectivity index (χ2n) is 5.99. The van der Waals surface area contributed by atoms with Gasteiger partial charge in [0.05, 0.1) is 11.6 Å². The van der Waals surface area contributed by atoms with Crippen LogP contribution in [0, 0.1) is 0 Å². The number of aliphatic hydroxyl groups is 1. The van der Waals surface area contributed by atoms with E-state index in [-0.39, 0.29) is 6.04 Å². The Morgan fingerprint density at radius 1 is 1.29 bits per heavy atom. The first-order chi connectivity index (χ1) is 7.56. The Morgan fingerprint density at radius 2 is 1.82 bits per heavy atom. The zero-order valence-electron chi connectivity index (χ0n) is 12.0. The first-order valence-corrected chi connectivity index (χ1v) is 6.28. The average molecular weight is 245 g/mol. The first-order valence-electron chi connectivity index (χ1n) is 6.28. The summed E-state index contributed by atoms with van der Waals surface area (Å²) in [5.74, 6) is 0. The van der Waals surface area contributed by atoms with Gasteiger partial charge in [0.2, 0.25) is 0 Å². The molecule has 1 amide bonds.